The van der Waals surface area contributed by atoms with Gasteiger partial charge in [0.25, 0.3) is 0 Å². The predicted molar refractivity (Wildman–Crippen MR) is 30.1 cm³/mol. The molecule has 0 spiro atoms. The summed E-state index contributed by atoms with van der Waals surface area (Å²) in [5.74, 6) is 0. The first-order valence-electron chi connectivity index (χ1n) is 2.48. The van der Waals surface area contributed by atoms with Crippen molar-refractivity contribution in [1.82, 2.24) is 0 Å². The van der Waals surface area contributed by atoms with Gasteiger partial charge in [0.2, 0.25) is 0 Å². The monoisotopic (exact) mass is 385 g/mol. The van der Waals surface area contributed by atoms with Crippen molar-refractivity contribution in [2.24, 2.45) is 11.5 Å². The summed E-state index contributed by atoms with van der Waals surface area (Å²) in [5, 5.41) is 17.3. The molecule has 6 N–H and O–H groups in total. The third-order valence-corrected chi connectivity index (χ3v) is 0.927. The second-order valence-electron chi connectivity index (χ2n) is 1.61. The minimum absolute atomic E-state index is 0. The molecular formula is C4H12Cl2N2O2Pt. The molecule has 0 unspecified atom stereocenters. The van der Waals surface area contributed by atoms with Gasteiger partial charge in [0.05, 0.1) is 12.2 Å². The number of aliphatic hydroxyl groups is 2. The van der Waals surface area contributed by atoms with E-state index in [0.717, 1.165) is 0 Å². The number of nitrogens with two attached hydrogens (primary N) is 2. The Kier molecular flexibility index (Phi) is 28.3. The Morgan fingerprint density at radius 1 is 0.909 bits per heavy atom. The van der Waals surface area contributed by atoms with Crippen LogP contribution in [0.15, 0.2) is 0 Å². The quantitative estimate of drug-likeness (QED) is 0.388. The minimum Gasteiger partial charge on any atom is -1.00 e. The van der Waals surface area contributed by atoms with E-state index in [-0.39, 0.29) is 59.0 Å². The summed E-state index contributed by atoms with van der Waals surface area (Å²) >= 11 is 0. The molecule has 0 aliphatic heterocycles. The van der Waals surface area contributed by atoms with Crippen LogP contribution in [0.5, 0.6) is 0 Å². The van der Waals surface area contributed by atoms with Crippen molar-refractivity contribution in [3.8, 4) is 0 Å². The molecule has 2 atom stereocenters. The summed E-state index contributed by atoms with van der Waals surface area (Å²) in [6, 6.07) is 0. The molecule has 0 aromatic carbocycles. The van der Waals surface area contributed by atoms with Gasteiger partial charge in [0.15, 0.2) is 0 Å². The first-order chi connectivity index (χ1) is 3.72. The van der Waals surface area contributed by atoms with Gasteiger partial charge in [-0.2, -0.15) is 0 Å². The molecule has 7 heteroatoms. The fraction of sp³-hybridized carbons (Fsp3) is 1.00. The van der Waals surface area contributed by atoms with Gasteiger partial charge in [-0.1, -0.05) is 0 Å². The number of aliphatic hydroxyl groups excluding tert-OH is 2. The van der Waals surface area contributed by atoms with Gasteiger partial charge in [0.1, 0.15) is 0 Å². The van der Waals surface area contributed by atoms with E-state index < -0.39 is 12.2 Å². The van der Waals surface area contributed by atoms with Crippen LogP contribution in [0.1, 0.15) is 0 Å². The van der Waals surface area contributed by atoms with E-state index in [1.165, 1.54) is 0 Å². The van der Waals surface area contributed by atoms with Gasteiger partial charge in [-0.15, -0.1) is 0 Å². The van der Waals surface area contributed by atoms with Gasteiger partial charge in [0, 0.05) is 13.1 Å². The maximum Gasteiger partial charge on any atom is 2.00 e. The van der Waals surface area contributed by atoms with E-state index >= 15 is 0 Å². The molecule has 0 radical (unpaired) electrons. The second kappa shape index (κ2) is 13.7. The number of halogens is 2. The Balaban J connectivity index is -0.0000000817. The Morgan fingerprint density at radius 2 is 1.09 bits per heavy atom. The van der Waals surface area contributed by atoms with Crippen LogP contribution in [-0.4, -0.2) is 35.5 Å². The Morgan fingerprint density at radius 3 is 1.18 bits per heavy atom. The summed E-state index contributed by atoms with van der Waals surface area (Å²) in [6.45, 7) is 0.108. The molecule has 4 nitrogen and oxygen atoms in total. The van der Waals surface area contributed by atoms with E-state index in [1.807, 2.05) is 0 Å². The van der Waals surface area contributed by atoms with Crippen LogP contribution in [0.4, 0.5) is 0 Å². The standard InChI is InChI=1S/C4H12N2O2.2ClH.Pt/c5-1-3(7)4(8)2-6;;;/h3-4,7-8H,1-2,5-6H2;2*1H;/q;;;+2/p-2/t3-,4-;;;/m1.../s1. The Labute approximate surface area is 92.8 Å². The average Bonchev–Trinajstić information content (AvgIpc) is 1.84. The van der Waals surface area contributed by atoms with Gasteiger partial charge >= 0.3 is 21.1 Å². The van der Waals surface area contributed by atoms with Crippen molar-refractivity contribution in [3.05, 3.63) is 0 Å². The minimum atomic E-state index is -0.875. The molecule has 0 fully saturated rings. The van der Waals surface area contributed by atoms with Crippen LogP contribution in [0, 0.1) is 0 Å². The van der Waals surface area contributed by atoms with Crippen LogP contribution in [0.2, 0.25) is 0 Å². The van der Waals surface area contributed by atoms with Crippen molar-refractivity contribution < 1.29 is 56.1 Å². The molecule has 0 saturated carbocycles. The molecule has 0 rings (SSSR count). The van der Waals surface area contributed by atoms with Crippen molar-refractivity contribution in [3.63, 3.8) is 0 Å². The van der Waals surface area contributed by atoms with E-state index in [2.05, 4.69) is 0 Å². The zero-order chi connectivity index (χ0) is 6.57. The number of rotatable bonds is 3. The first-order valence-corrected chi connectivity index (χ1v) is 2.48. The topological polar surface area (TPSA) is 92.5 Å². The fourth-order valence-electron chi connectivity index (χ4n) is 0.314. The predicted octanol–water partition coefficient (Wildman–Crippen LogP) is -8.37. The van der Waals surface area contributed by atoms with Gasteiger partial charge in [-0.3, -0.25) is 0 Å². The van der Waals surface area contributed by atoms with Gasteiger partial charge in [-0.05, 0) is 0 Å². The van der Waals surface area contributed by atoms with Gasteiger partial charge < -0.3 is 46.5 Å². The molecule has 0 aliphatic rings. The SMILES string of the molecule is NC[C@@H](O)[C@H](O)CN.[Cl-].[Cl-].[Pt+2]. The van der Waals surface area contributed by atoms with Crippen LogP contribution < -0.4 is 36.3 Å². The molecule has 0 bridgehead atoms. The largest absolute Gasteiger partial charge is 2.00 e. The number of hydrogen-bond donors (Lipinski definition) is 4. The number of hydrogen-bond acceptors (Lipinski definition) is 4. The third kappa shape index (κ3) is 11.1. The van der Waals surface area contributed by atoms with Crippen LogP contribution >= 0.6 is 0 Å². The fourth-order valence-corrected chi connectivity index (χ4v) is 0.314. The van der Waals surface area contributed by atoms with Crippen molar-refractivity contribution >= 4 is 0 Å². The summed E-state index contributed by atoms with van der Waals surface area (Å²) in [6.07, 6.45) is -1.75. The summed E-state index contributed by atoms with van der Waals surface area (Å²) in [5.41, 5.74) is 9.97. The third-order valence-electron chi connectivity index (χ3n) is 0.927. The molecule has 0 amide bonds. The Bertz CT molecular complexity index is 64.1. The maximum atomic E-state index is 8.67. The van der Waals surface area contributed by atoms with E-state index in [9.17, 15) is 0 Å². The maximum absolute atomic E-state index is 8.67. The second-order valence-corrected chi connectivity index (χ2v) is 1.61. The van der Waals surface area contributed by atoms with Crippen LogP contribution in [0.25, 0.3) is 0 Å². The van der Waals surface area contributed by atoms with E-state index in [1.54, 1.807) is 0 Å². The van der Waals surface area contributed by atoms with Crippen molar-refractivity contribution in [2.45, 2.75) is 12.2 Å². The van der Waals surface area contributed by atoms with E-state index in [4.69, 9.17) is 21.7 Å². The summed E-state index contributed by atoms with van der Waals surface area (Å²) in [4.78, 5) is 0. The van der Waals surface area contributed by atoms with Crippen LogP contribution in [-0.2, 0) is 21.1 Å². The molecule has 11 heavy (non-hydrogen) atoms. The van der Waals surface area contributed by atoms with E-state index in [0.29, 0.717) is 0 Å². The average molecular weight is 386 g/mol. The molecule has 0 saturated heterocycles. The molecule has 0 aromatic rings. The summed E-state index contributed by atoms with van der Waals surface area (Å²) < 4.78 is 0. The molecule has 0 aliphatic carbocycles. The smallest absolute Gasteiger partial charge is 1.00 e. The summed E-state index contributed by atoms with van der Waals surface area (Å²) in [7, 11) is 0. The van der Waals surface area contributed by atoms with Gasteiger partial charge in [-0.25, -0.2) is 0 Å². The Hall–Kier alpha value is 1.11. The first kappa shape index (κ1) is 22.7. The zero-order valence-corrected chi connectivity index (χ0v) is 9.47. The zero-order valence-electron chi connectivity index (χ0n) is 5.69. The molecular weight excluding hydrogens is 374 g/mol. The molecule has 0 heterocycles. The normalized spacial score (nSPS) is 13.1. The van der Waals surface area contributed by atoms with Crippen molar-refractivity contribution in [1.29, 1.82) is 0 Å². The molecule has 74 valence electrons. The molecule has 0 aromatic heterocycles. The van der Waals surface area contributed by atoms with Crippen LogP contribution in [0.3, 0.4) is 0 Å². The van der Waals surface area contributed by atoms with Crippen molar-refractivity contribution in [2.75, 3.05) is 13.1 Å².